The molecule has 1 aromatic heterocycles. The maximum Gasteiger partial charge on any atom is 0.494 e. The van der Waals surface area contributed by atoms with Crippen LogP contribution in [0.5, 0.6) is 0 Å². The maximum atomic E-state index is 13.4. The van der Waals surface area contributed by atoms with E-state index >= 15 is 0 Å². The first-order valence-corrected chi connectivity index (χ1v) is 10.7. The lowest BCUT2D eigenvalue weighted by atomic mass is 9.79. The summed E-state index contributed by atoms with van der Waals surface area (Å²) in [5.41, 5.74) is 1.63. The maximum absolute atomic E-state index is 13.4. The Bertz CT molecular complexity index is 1240. The minimum atomic E-state index is -3.68. The molecular weight excluding hydrogens is 375 g/mol. The second-order valence-corrected chi connectivity index (χ2v) is 10.3. The molecule has 3 heterocycles. The van der Waals surface area contributed by atoms with Crippen molar-refractivity contribution in [3.05, 3.63) is 42.2 Å². The smallest absolute Gasteiger partial charge is 0.399 e. The SMILES string of the molecule is Cc1nc2cccc3c2n1-c1ccc(B2OC(C)(C)C(C)(C)O2)cc1S3(=O)=O. The number of hydrogen-bond acceptors (Lipinski definition) is 5. The van der Waals surface area contributed by atoms with Crippen LogP contribution in [0.4, 0.5) is 0 Å². The lowest BCUT2D eigenvalue weighted by molar-refractivity contribution is 0.00578. The van der Waals surface area contributed by atoms with Crippen molar-refractivity contribution in [2.24, 2.45) is 0 Å². The van der Waals surface area contributed by atoms with E-state index < -0.39 is 28.2 Å². The van der Waals surface area contributed by atoms with E-state index in [0.717, 1.165) is 5.82 Å². The summed E-state index contributed by atoms with van der Waals surface area (Å²) in [6.45, 7) is 9.79. The summed E-state index contributed by atoms with van der Waals surface area (Å²) in [5.74, 6) is 0.752. The summed E-state index contributed by atoms with van der Waals surface area (Å²) in [7, 11) is -4.29. The number of rotatable bonds is 1. The molecule has 3 aromatic rings. The molecule has 1 fully saturated rings. The van der Waals surface area contributed by atoms with Crippen molar-refractivity contribution in [3.8, 4) is 5.69 Å². The Labute approximate surface area is 164 Å². The van der Waals surface area contributed by atoms with Crippen LogP contribution in [0.3, 0.4) is 0 Å². The predicted molar refractivity (Wildman–Crippen MR) is 107 cm³/mol. The molecule has 2 aliphatic heterocycles. The van der Waals surface area contributed by atoms with Gasteiger partial charge in [0.2, 0.25) is 9.84 Å². The van der Waals surface area contributed by atoms with E-state index in [-0.39, 0.29) is 9.79 Å². The molecule has 2 aromatic carbocycles. The van der Waals surface area contributed by atoms with Crippen molar-refractivity contribution in [2.75, 3.05) is 0 Å². The van der Waals surface area contributed by atoms with Gasteiger partial charge in [-0.25, -0.2) is 13.4 Å². The molecule has 5 rings (SSSR count). The van der Waals surface area contributed by atoms with Crippen LogP contribution in [0.15, 0.2) is 46.2 Å². The number of hydrogen-bond donors (Lipinski definition) is 0. The standard InChI is InChI=1S/C20H21BN2O4S/c1-12-22-14-7-6-8-16-18(14)23(12)15-10-9-13(11-17(15)28(16,24)25)21-26-19(2,3)20(4,5)27-21/h6-11H,1-5H3. The van der Waals surface area contributed by atoms with Gasteiger partial charge in [-0.05, 0) is 64.3 Å². The van der Waals surface area contributed by atoms with Gasteiger partial charge in [-0.2, -0.15) is 0 Å². The molecule has 1 saturated heterocycles. The summed E-state index contributed by atoms with van der Waals surface area (Å²) in [6, 6.07) is 10.6. The third-order valence-electron chi connectivity index (χ3n) is 6.14. The van der Waals surface area contributed by atoms with E-state index in [0.29, 0.717) is 22.2 Å². The van der Waals surface area contributed by atoms with Gasteiger partial charge in [0.05, 0.1) is 37.7 Å². The van der Waals surface area contributed by atoms with Crippen LogP contribution in [0.2, 0.25) is 0 Å². The summed E-state index contributed by atoms with van der Waals surface area (Å²) < 4.78 is 40.9. The first kappa shape index (κ1) is 17.9. The van der Waals surface area contributed by atoms with Crippen LogP contribution >= 0.6 is 0 Å². The second-order valence-electron chi connectivity index (χ2n) is 8.44. The van der Waals surface area contributed by atoms with Gasteiger partial charge in [-0.3, -0.25) is 4.57 Å². The van der Waals surface area contributed by atoms with Crippen molar-refractivity contribution in [2.45, 2.75) is 55.6 Å². The third kappa shape index (κ3) is 2.16. The van der Waals surface area contributed by atoms with Gasteiger partial charge in [0, 0.05) is 0 Å². The number of fused-ring (bicyclic) bond motifs is 2. The van der Waals surface area contributed by atoms with E-state index in [2.05, 4.69) is 4.98 Å². The topological polar surface area (TPSA) is 70.4 Å². The molecule has 0 radical (unpaired) electrons. The molecule has 0 saturated carbocycles. The van der Waals surface area contributed by atoms with Crippen molar-refractivity contribution >= 4 is 33.5 Å². The average Bonchev–Trinajstić information content (AvgIpc) is 3.05. The van der Waals surface area contributed by atoms with Crippen molar-refractivity contribution < 1.29 is 17.7 Å². The second kappa shape index (κ2) is 5.26. The fourth-order valence-corrected chi connectivity index (χ4v) is 5.57. The average molecular weight is 396 g/mol. The highest BCUT2D eigenvalue weighted by molar-refractivity contribution is 7.92. The fourth-order valence-electron chi connectivity index (χ4n) is 3.90. The lowest BCUT2D eigenvalue weighted by Crippen LogP contribution is -2.41. The number of imidazole rings is 1. The summed E-state index contributed by atoms with van der Waals surface area (Å²) in [4.78, 5) is 5.07. The van der Waals surface area contributed by atoms with Gasteiger partial charge in [-0.1, -0.05) is 12.1 Å². The molecule has 0 unspecified atom stereocenters. The van der Waals surface area contributed by atoms with Gasteiger partial charge in [-0.15, -0.1) is 0 Å². The van der Waals surface area contributed by atoms with Crippen LogP contribution in [-0.4, -0.2) is 36.3 Å². The number of benzene rings is 2. The molecule has 0 N–H and O–H groups in total. The van der Waals surface area contributed by atoms with Gasteiger partial charge in [0.1, 0.15) is 5.82 Å². The van der Waals surface area contributed by atoms with E-state index in [1.807, 2.05) is 57.4 Å². The molecule has 6 nitrogen and oxygen atoms in total. The molecule has 28 heavy (non-hydrogen) atoms. The van der Waals surface area contributed by atoms with E-state index in [9.17, 15) is 8.42 Å². The number of aromatic nitrogens is 2. The normalized spacial score (nSPS) is 21.1. The van der Waals surface area contributed by atoms with Crippen LogP contribution < -0.4 is 5.46 Å². The van der Waals surface area contributed by atoms with Crippen LogP contribution in [0.25, 0.3) is 16.7 Å². The zero-order chi connectivity index (χ0) is 20.1. The lowest BCUT2D eigenvalue weighted by Gasteiger charge is -2.32. The van der Waals surface area contributed by atoms with Crippen LogP contribution in [0.1, 0.15) is 33.5 Å². The van der Waals surface area contributed by atoms with Gasteiger partial charge in [0.15, 0.2) is 0 Å². The summed E-state index contributed by atoms with van der Waals surface area (Å²) in [5, 5.41) is 0. The first-order valence-electron chi connectivity index (χ1n) is 9.26. The highest BCUT2D eigenvalue weighted by Gasteiger charge is 2.52. The van der Waals surface area contributed by atoms with E-state index in [1.165, 1.54) is 0 Å². The zero-order valence-electron chi connectivity index (χ0n) is 16.5. The van der Waals surface area contributed by atoms with Gasteiger partial charge < -0.3 is 9.31 Å². The Balaban J connectivity index is 1.73. The van der Waals surface area contributed by atoms with Crippen LogP contribution in [-0.2, 0) is 19.1 Å². The minimum Gasteiger partial charge on any atom is -0.399 e. The van der Waals surface area contributed by atoms with Crippen molar-refractivity contribution in [1.82, 2.24) is 9.55 Å². The Morgan fingerprint density at radius 2 is 1.68 bits per heavy atom. The molecule has 8 heteroatoms. The van der Waals surface area contributed by atoms with Crippen LogP contribution in [0, 0.1) is 6.92 Å². The highest BCUT2D eigenvalue weighted by Crippen LogP contribution is 2.40. The summed E-state index contributed by atoms with van der Waals surface area (Å²) in [6.07, 6.45) is 0. The van der Waals surface area contributed by atoms with E-state index in [1.54, 1.807) is 18.2 Å². The van der Waals surface area contributed by atoms with E-state index in [4.69, 9.17) is 9.31 Å². The molecular formula is C20H21BN2O4S. The zero-order valence-corrected chi connectivity index (χ0v) is 17.3. The Hall–Kier alpha value is -2.16. The molecule has 0 bridgehead atoms. The molecule has 0 spiro atoms. The molecule has 0 atom stereocenters. The van der Waals surface area contributed by atoms with Crippen molar-refractivity contribution in [1.29, 1.82) is 0 Å². The number of aryl methyl sites for hydroxylation is 1. The molecule has 144 valence electrons. The number of sulfone groups is 1. The largest absolute Gasteiger partial charge is 0.494 e. The monoisotopic (exact) mass is 396 g/mol. The molecule has 0 amide bonds. The summed E-state index contributed by atoms with van der Waals surface area (Å²) >= 11 is 0. The van der Waals surface area contributed by atoms with Gasteiger partial charge >= 0.3 is 7.12 Å². The Kier molecular flexibility index (Phi) is 3.36. The third-order valence-corrected chi connectivity index (χ3v) is 7.95. The minimum absolute atomic E-state index is 0.251. The molecule has 2 aliphatic rings. The number of para-hydroxylation sites is 1. The Morgan fingerprint density at radius 3 is 2.36 bits per heavy atom. The van der Waals surface area contributed by atoms with Crippen molar-refractivity contribution in [3.63, 3.8) is 0 Å². The predicted octanol–water partition coefficient (Wildman–Crippen LogP) is 2.78. The Morgan fingerprint density at radius 1 is 1.00 bits per heavy atom. The quantitative estimate of drug-likeness (QED) is 0.463. The fraction of sp³-hybridized carbons (Fsp3) is 0.350. The van der Waals surface area contributed by atoms with Gasteiger partial charge in [0.25, 0.3) is 0 Å². The molecule has 0 aliphatic carbocycles. The number of nitrogens with zero attached hydrogens (tertiary/aromatic N) is 2. The first-order chi connectivity index (χ1) is 13.0. The highest BCUT2D eigenvalue weighted by atomic mass is 32.2.